The van der Waals surface area contributed by atoms with Gasteiger partial charge in [-0.05, 0) is 36.2 Å². The van der Waals surface area contributed by atoms with Gasteiger partial charge in [0, 0.05) is 24.1 Å². The summed E-state index contributed by atoms with van der Waals surface area (Å²) in [6.07, 6.45) is 0. The van der Waals surface area contributed by atoms with Crippen molar-refractivity contribution >= 4 is 15.9 Å². The van der Waals surface area contributed by atoms with Crippen molar-refractivity contribution in [3.05, 3.63) is 34.1 Å². The molecule has 0 amide bonds. The van der Waals surface area contributed by atoms with Crippen LogP contribution < -0.4 is 10.6 Å². The zero-order valence-electron chi connectivity index (χ0n) is 10.4. The van der Waals surface area contributed by atoms with Gasteiger partial charge in [-0.15, -0.1) is 0 Å². The second kappa shape index (κ2) is 7.80. The van der Waals surface area contributed by atoms with Crippen LogP contribution in [0.2, 0.25) is 0 Å². The highest BCUT2D eigenvalue weighted by atomic mass is 79.9. The van der Waals surface area contributed by atoms with Crippen LogP contribution in [0.5, 0.6) is 0 Å². The lowest BCUT2D eigenvalue weighted by Crippen LogP contribution is -2.29. The summed E-state index contributed by atoms with van der Waals surface area (Å²) in [6, 6.07) is 4.95. The average molecular weight is 303 g/mol. The molecular formula is C13H20BrFN2. The molecule has 0 aliphatic carbocycles. The van der Waals surface area contributed by atoms with Gasteiger partial charge in [-0.3, -0.25) is 0 Å². The van der Waals surface area contributed by atoms with E-state index in [9.17, 15) is 4.39 Å². The average Bonchev–Trinajstić information content (AvgIpc) is 2.21. The molecule has 96 valence electrons. The third-order valence-electron chi connectivity index (χ3n) is 2.28. The SMILES string of the molecule is CC(C)CNCCNCc1cc(F)cc(Br)c1. The molecule has 0 fully saturated rings. The molecular weight excluding hydrogens is 283 g/mol. The molecule has 0 aliphatic heterocycles. The van der Waals surface area contributed by atoms with Crippen LogP contribution >= 0.6 is 15.9 Å². The Balaban J connectivity index is 2.18. The van der Waals surface area contributed by atoms with Gasteiger partial charge < -0.3 is 10.6 Å². The van der Waals surface area contributed by atoms with Crippen molar-refractivity contribution in [2.75, 3.05) is 19.6 Å². The van der Waals surface area contributed by atoms with E-state index < -0.39 is 0 Å². The maximum Gasteiger partial charge on any atom is 0.124 e. The van der Waals surface area contributed by atoms with Crippen molar-refractivity contribution in [3.63, 3.8) is 0 Å². The predicted molar refractivity (Wildman–Crippen MR) is 73.5 cm³/mol. The summed E-state index contributed by atoms with van der Waals surface area (Å²) in [6.45, 7) is 7.93. The highest BCUT2D eigenvalue weighted by Gasteiger charge is 1.98. The second-order valence-corrected chi connectivity index (χ2v) is 5.47. The van der Waals surface area contributed by atoms with E-state index in [0.717, 1.165) is 29.7 Å². The van der Waals surface area contributed by atoms with E-state index in [1.807, 2.05) is 6.07 Å². The summed E-state index contributed by atoms with van der Waals surface area (Å²) in [5, 5.41) is 6.63. The van der Waals surface area contributed by atoms with Gasteiger partial charge >= 0.3 is 0 Å². The zero-order valence-corrected chi connectivity index (χ0v) is 12.0. The van der Waals surface area contributed by atoms with Crippen LogP contribution in [0, 0.1) is 11.7 Å². The number of rotatable bonds is 7. The summed E-state index contributed by atoms with van der Waals surface area (Å²) < 4.78 is 13.9. The number of nitrogens with one attached hydrogen (secondary N) is 2. The molecule has 0 atom stereocenters. The Kier molecular flexibility index (Phi) is 6.70. The lowest BCUT2D eigenvalue weighted by atomic mass is 10.2. The summed E-state index contributed by atoms with van der Waals surface area (Å²) in [7, 11) is 0. The topological polar surface area (TPSA) is 24.1 Å². The van der Waals surface area contributed by atoms with Crippen molar-refractivity contribution in [1.82, 2.24) is 10.6 Å². The van der Waals surface area contributed by atoms with Gasteiger partial charge in [-0.1, -0.05) is 29.8 Å². The van der Waals surface area contributed by atoms with Gasteiger partial charge in [-0.25, -0.2) is 4.39 Å². The molecule has 0 spiro atoms. The molecule has 2 N–H and O–H groups in total. The number of hydrogen-bond donors (Lipinski definition) is 2. The van der Waals surface area contributed by atoms with Crippen molar-refractivity contribution in [1.29, 1.82) is 0 Å². The minimum Gasteiger partial charge on any atom is -0.315 e. The van der Waals surface area contributed by atoms with Gasteiger partial charge in [0.1, 0.15) is 5.82 Å². The fourth-order valence-corrected chi connectivity index (χ4v) is 2.03. The molecule has 0 bridgehead atoms. The van der Waals surface area contributed by atoms with Gasteiger partial charge in [0.2, 0.25) is 0 Å². The molecule has 17 heavy (non-hydrogen) atoms. The van der Waals surface area contributed by atoms with Gasteiger partial charge in [0.25, 0.3) is 0 Å². The van der Waals surface area contributed by atoms with Crippen molar-refractivity contribution < 1.29 is 4.39 Å². The maximum atomic E-state index is 13.1. The van der Waals surface area contributed by atoms with Crippen LogP contribution in [0.25, 0.3) is 0 Å². The smallest absolute Gasteiger partial charge is 0.124 e. The molecule has 0 unspecified atom stereocenters. The Morgan fingerprint density at radius 3 is 2.53 bits per heavy atom. The maximum absolute atomic E-state index is 13.1. The zero-order chi connectivity index (χ0) is 12.7. The predicted octanol–water partition coefficient (Wildman–Crippen LogP) is 2.92. The molecule has 0 aliphatic rings. The molecule has 0 heterocycles. The summed E-state index contributed by atoms with van der Waals surface area (Å²) >= 11 is 3.28. The van der Waals surface area contributed by atoms with E-state index in [0.29, 0.717) is 12.5 Å². The molecule has 1 rings (SSSR count). The van der Waals surface area contributed by atoms with Crippen LogP contribution in [0.15, 0.2) is 22.7 Å². The Labute approximate surface area is 111 Å². The third-order valence-corrected chi connectivity index (χ3v) is 2.74. The fourth-order valence-electron chi connectivity index (χ4n) is 1.51. The molecule has 4 heteroatoms. The standard InChI is InChI=1S/C13H20BrFN2/c1-10(2)8-16-3-4-17-9-11-5-12(14)7-13(15)6-11/h5-7,10,16-17H,3-4,8-9H2,1-2H3. The van der Waals surface area contributed by atoms with Crippen LogP contribution in [0.3, 0.4) is 0 Å². The molecule has 1 aromatic carbocycles. The van der Waals surface area contributed by atoms with Crippen LogP contribution in [-0.4, -0.2) is 19.6 Å². The Hall–Kier alpha value is -0.450. The molecule has 0 aromatic heterocycles. The highest BCUT2D eigenvalue weighted by Crippen LogP contribution is 2.14. The fraction of sp³-hybridized carbons (Fsp3) is 0.538. The first-order chi connectivity index (χ1) is 8.08. The molecule has 0 saturated carbocycles. The minimum atomic E-state index is -0.200. The lowest BCUT2D eigenvalue weighted by Gasteiger charge is -2.08. The van der Waals surface area contributed by atoms with Gasteiger partial charge in [0.15, 0.2) is 0 Å². The summed E-state index contributed by atoms with van der Waals surface area (Å²) in [5.41, 5.74) is 0.959. The Morgan fingerprint density at radius 2 is 1.88 bits per heavy atom. The first-order valence-corrected chi connectivity index (χ1v) is 6.73. The van der Waals surface area contributed by atoms with E-state index >= 15 is 0 Å². The Bertz CT molecular complexity index is 322. The quantitative estimate of drug-likeness (QED) is 0.757. The van der Waals surface area contributed by atoms with Crippen molar-refractivity contribution in [2.24, 2.45) is 5.92 Å². The van der Waals surface area contributed by atoms with Gasteiger partial charge in [-0.2, -0.15) is 0 Å². The van der Waals surface area contributed by atoms with Crippen molar-refractivity contribution in [2.45, 2.75) is 20.4 Å². The minimum absolute atomic E-state index is 0.200. The van der Waals surface area contributed by atoms with E-state index in [-0.39, 0.29) is 5.82 Å². The van der Waals surface area contributed by atoms with Crippen LogP contribution in [-0.2, 0) is 6.54 Å². The van der Waals surface area contributed by atoms with E-state index in [4.69, 9.17) is 0 Å². The monoisotopic (exact) mass is 302 g/mol. The van der Waals surface area contributed by atoms with Crippen LogP contribution in [0.4, 0.5) is 4.39 Å². The largest absolute Gasteiger partial charge is 0.315 e. The molecule has 1 aromatic rings. The Morgan fingerprint density at radius 1 is 1.18 bits per heavy atom. The van der Waals surface area contributed by atoms with Crippen LogP contribution in [0.1, 0.15) is 19.4 Å². The van der Waals surface area contributed by atoms with Crippen molar-refractivity contribution in [3.8, 4) is 0 Å². The second-order valence-electron chi connectivity index (χ2n) is 4.55. The van der Waals surface area contributed by atoms with E-state index in [2.05, 4.69) is 40.4 Å². The first-order valence-electron chi connectivity index (χ1n) is 5.94. The molecule has 0 saturated heterocycles. The number of halogens is 2. The lowest BCUT2D eigenvalue weighted by molar-refractivity contribution is 0.535. The van der Waals surface area contributed by atoms with E-state index in [1.54, 1.807) is 6.07 Å². The first kappa shape index (κ1) is 14.6. The highest BCUT2D eigenvalue weighted by molar-refractivity contribution is 9.10. The molecule has 0 radical (unpaired) electrons. The summed E-state index contributed by atoms with van der Waals surface area (Å²) in [4.78, 5) is 0. The number of hydrogen-bond acceptors (Lipinski definition) is 2. The molecule has 2 nitrogen and oxygen atoms in total. The van der Waals surface area contributed by atoms with E-state index in [1.165, 1.54) is 6.07 Å². The third kappa shape index (κ3) is 6.76. The normalized spacial score (nSPS) is 11.1. The summed E-state index contributed by atoms with van der Waals surface area (Å²) in [5.74, 6) is 0.475. The number of benzene rings is 1. The van der Waals surface area contributed by atoms with Gasteiger partial charge in [0.05, 0.1) is 0 Å².